The van der Waals surface area contributed by atoms with Crippen LogP contribution in [0, 0.1) is 0 Å². The van der Waals surface area contributed by atoms with E-state index in [1.165, 1.54) is 22.0 Å². The summed E-state index contributed by atoms with van der Waals surface area (Å²) in [5, 5.41) is 0. The van der Waals surface area contributed by atoms with Crippen LogP contribution in [0.3, 0.4) is 0 Å². The topological polar surface area (TPSA) is 87.7 Å². The molecule has 110 valence electrons. The molecule has 0 radical (unpaired) electrons. The second kappa shape index (κ2) is 5.15. The van der Waals surface area contributed by atoms with Crippen LogP contribution in [0.1, 0.15) is 0 Å². The van der Waals surface area contributed by atoms with Crippen molar-refractivity contribution < 1.29 is 0 Å². The van der Waals surface area contributed by atoms with E-state index in [2.05, 4.69) is 9.97 Å². The Balaban J connectivity index is 1.72. The maximum absolute atomic E-state index is 6.01. The van der Waals surface area contributed by atoms with E-state index in [0.717, 1.165) is 22.1 Å². The van der Waals surface area contributed by atoms with Crippen LogP contribution in [0.15, 0.2) is 48.5 Å². The fraction of sp³-hybridized carbons (Fsp3) is 0. The molecule has 0 aliphatic carbocycles. The highest BCUT2D eigenvalue weighted by molar-refractivity contribution is 8.75. The molecule has 2 heterocycles. The number of fused-ring (bicyclic) bond motifs is 2. The summed E-state index contributed by atoms with van der Waals surface area (Å²) >= 11 is 0. The van der Waals surface area contributed by atoms with Crippen molar-refractivity contribution in [2.45, 2.75) is 0 Å². The largest absolute Gasteiger partial charge is 0.368 e. The number of aromatic nitrogens is 4. The fourth-order valence-electron chi connectivity index (χ4n) is 2.27. The minimum absolute atomic E-state index is 0.460. The third kappa shape index (κ3) is 2.08. The van der Waals surface area contributed by atoms with Gasteiger partial charge in [-0.1, -0.05) is 24.3 Å². The molecule has 0 saturated heterocycles. The predicted molar refractivity (Wildman–Crippen MR) is 94.3 cm³/mol. The van der Waals surface area contributed by atoms with Crippen LogP contribution in [0.4, 0.5) is 11.9 Å². The molecule has 8 heteroatoms. The van der Waals surface area contributed by atoms with E-state index in [0.29, 0.717) is 11.9 Å². The lowest BCUT2D eigenvalue weighted by Gasteiger charge is -2.06. The van der Waals surface area contributed by atoms with E-state index in [9.17, 15) is 0 Å². The lowest BCUT2D eigenvalue weighted by atomic mass is 10.3. The summed E-state index contributed by atoms with van der Waals surface area (Å²) in [6.07, 6.45) is 0. The highest BCUT2D eigenvalue weighted by atomic mass is 33.1. The van der Waals surface area contributed by atoms with E-state index in [4.69, 9.17) is 11.5 Å². The van der Waals surface area contributed by atoms with Crippen molar-refractivity contribution in [1.29, 1.82) is 0 Å². The Labute approximate surface area is 134 Å². The standard InChI is InChI=1S/C14H12N6S2/c15-13-17-9-5-1-3-7-11(9)19(13)21-22-20-12-8-4-2-6-10(12)18-14(20)16/h1-8H,(H2,15,17)(H2,16,18). The van der Waals surface area contributed by atoms with Crippen LogP contribution in [0.5, 0.6) is 0 Å². The maximum Gasteiger partial charge on any atom is 0.212 e. The zero-order valence-corrected chi connectivity index (χ0v) is 13.0. The van der Waals surface area contributed by atoms with Crippen LogP contribution < -0.4 is 11.5 Å². The Bertz CT molecular complexity index is 894. The number of para-hydroxylation sites is 4. The number of nitrogens with two attached hydrogens (primary N) is 2. The number of anilines is 2. The Kier molecular flexibility index (Phi) is 3.12. The van der Waals surface area contributed by atoms with Gasteiger partial charge in [0.2, 0.25) is 11.9 Å². The van der Waals surface area contributed by atoms with Crippen LogP contribution in [-0.4, -0.2) is 17.9 Å². The summed E-state index contributed by atoms with van der Waals surface area (Å²) in [6.45, 7) is 0. The third-order valence-corrected chi connectivity index (χ3v) is 5.50. The van der Waals surface area contributed by atoms with Crippen LogP contribution >= 0.6 is 22.0 Å². The molecule has 6 nitrogen and oxygen atoms in total. The van der Waals surface area contributed by atoms with E-state index in [1.54, 1.807) is 0 Å². The zero-order valence-electron chi connectivity index (χ0n) is 11.4. The number of rotatable bonds is 3. The Morgan fingerprint density at radius 3 is 1.55 bits per heavy atom. The molecular weight excluding hydrogens is 316 g/mol. The molecule has 0 amide bonds. The smallest absolute Gasteiger partial charge is 0.212 e. The van der Waals surface area contributed by atoms with Gasteiger partial charge in [0.1, 0.15) is 0 Å². The van der Waals surface area contributed by atoms with Crippen molar-refractivity contribution in [3.63, 3.8) is 0 Å². The average Bonchev–Trinajstić information content (AvgIpc) is 3.01. The maximum atomic E-state index is 6.01. The van der Waals surface area contributed by atoms with Gasteiger partial charge in [-0.25, -0.2) is 17.9 Å². The third-order valence-electron chi connectivity index (χ3n) is 3.27. The highest BCUT2D eigenvalue weighted by Gasteiger charge is 2.12. The van der Waals surface area contributed by atoms with E-state index >= 15 is 0 Å². The van der Waals surface area contributed by atoms with Gasteiger partial charge in [0.15, 0.2) is 0 Å². The number of nitrogens with zero attached hydrogens (tertiary/aromatic N) is 4. The summed E-state index contributed by atoms with van der Waals surface area (Å²) in [5.74, 6) is 0.920. The molecule has 2 aromatic heterocycles. The van der Waals surface area contributed by atoms with Crippen LogP contribution in [0.25, 0.3) is 22.1 Å². The minimum atomic E-state index is 0.460. The Morgan fingerprint density at radius 1 is 0.682 bits per heavy atom. The van der Waals surface area contributed by atoms with Crippen molar-refractivity contribution in [2.24, 2.45) is 0 Å². The summed E-state index contributed by atoms with van der Waals surface area (Å²) in [5.41, 5.74) is 15.7. The summed E-state index contributed by atoms with van der Waals surface area (Å²) in [7, 11) is 2.92. The van der Waals surface area contributed by atoms with Crippen molar-refractivity contribution in [2.75, 3.05) is 11.5 Å². The first-order valence-electron chi connectivity index (χ1n) is 6.55. The Morgan fingerprint density at radius 2 is 1.09 bits per heavy atom. The molecule has 4 rings (SSSR count). The molecule has 2 aromatic carbocycles. The van der Waals surface area contributed by atoms with E-state index in [1.807, 2.05) is 56.5 Å². The first-order chi connectivity index (χ1) is 10.7. The number of hydrogen-bond acceptors (Lipinski definition) is 6. The van der Waals surface area contributed by atoms with E-state index < -0.39 is 0 Å². The predicted octanol–water partition coefficient (Wildman–Crippen LogP) is 3.16. The molecule has 0 unspecified atom stereocenters. The summed E-state index contributed by atoms with van der Waals surface area (Å²) < 4.78 is 3.77. The molecule has 0 aliphatic heterocycles. The highest BCUT2D eigenvalue weighted by Crippen LogP contribution is 2.35. The molecule has 22 heavy (non-hydrogen) atoms. The minimum Gasteiger partial charge on any atom is -0.368 e. The number of nitrogen functional groups attached to an aromatic ring is 2. The second-order valence-corrected chi connectivity index (χ2v) is 6.58. The van der Waals surface area contributed by atoms with Gasteiger partial charge in [-0.2, -0.15) is 0 Å². The SMILES string of the molecule is Nc1nc2ccccc2n1SSn1c(N)nc2ccccc21. The van der Waals surface area contributed by atoms with Gasteiger partial charge in [-0.05, 0) is 24.3 Å². The van der Waals surface area contributed by atoms with Gasteiger partial charge in [0, 0.05) is 0 Å². The fourth-order valence-corrected chi connectivity index (χ4v) is 4.45. The van der Waals surface area contributed by atoms with Gasteiger partial charge in [0.05, 0.1) is 44.0 Å². The van der Waals surface area contributed by atoms with Crippen molar-refractivity contribution in [3.8, 4) is 0 Å². The lowest BCUT2D eigenvalue weighted by molar-refractivity contribution is 1.28. The van der Waals surface area contributed by atoms with Crippen molar-refractivity contribution in [3.05, 3.63) is 48.5 Å². The van der Waals surface area contributed by atoms with Crippen LogP contribution in [-0.2, 0) is 0 Å². The number of benzene rings is 2. The monoisotopic (exact) mass is 328 g/mol. The summed E-state index contributed by atoms with van der Waals surface area (Å²) in [6, 6.07) is 15.7. The van der Waals surface area contributed by atoms with Crippen molar-refractivity contribution in [1.82, 2.24) is 17.9 Å². The first kappa shape index (κ1) is 13.4. The van der Waals surface area contributed by atoms with Crippen LogP contribution in [0.2, 0.25) is 0 Å². The molecule has 4 aromatic rings. The molecule has 0 saturated carbocycles. The van der Waals surface area contributed by atoms with Gasteiger partial charge < -0.3 is 11.5 Å². The van der Waals surface area contributed by atoms with Gasteiger partial charge in [0.25, 0.3) is 0 Å². The quantitative estimate of drug-likeness (QED) is 0.562. The molecular formula is C14H12N6S2. The first-order valence-corrected chi connectivity index (χ1v) is 8.62. The zero-order chi connectivity index (χ0) is 15.1. The molecule has 0 atom stereocenters. The van der Waals surface area contributed by atoms with Gasteiger partial charge in [-0.3, -0.25) is 0 Å². The lowest BCUT2D eigenvalue weighted by Crippen LogP contribution is -1.97. The molecule has 4 N–H and O–H groups in total. The molecule has 0 bridgehead atoms. The van der Waals surface area contributed by atoms with Gasteiger partial charge >= 0.3 is 0 Å². The Hall–Kier alpha value is -2.32. The number of imidazole rings is 2. The summed E-state index contributed by atoms with van der Waals surface area (Å²) in [4.78, 5) is 8.70. The van der Waals surface area contributed by atoms with Gasteiger partial charge in [-0.15, -0.1) is 0 Å². The molecule has 0 fully saturated rings. The average molecular weight is 328 g/mol. The number of hydrogen-bond donors (Lipinski definition) is 2. The molecule has 0 spiro atoms. The normalized spacial score (nSPS) is 11.5. The van der Waals surface area contributed by atoms with Crippen molar-refractivity contribution >= 4 is 55.9 Å². The molecule has 0 aliphatic rings. The second-order valence-electron chi connectivity index (χ2n) is 4.66. The van der Waals surface area contributed by atoms with E-state index in [-0.39, 0.29) is 0 Å².